The molecule has 0 aliphatic carbocycles. The van der Waals surface area contributed by atoms with Crippen molar-refractivity contribution in [3.05, 3.63) is 46.6 Å². The molecule has 6 heteroatoms. The third kappa shape index (κ3) is 2.57. The van der Waals surface area contributed by atoms with Gasteiger partial charge in [-0.05, 0) is 24.3 Å². The van der Waals surface area contributed by atoms with Gasteiger partial charge < -0.3 is 10.5 Å². The van der Waals surface area contributed by atoms with Crippen LogP contribution in [0.3, 0.4) is 0 Å². The van der Waals surface area contributed by atoms with Crippen molar-refractivity contribution in [1.82, 2.24) is 4.98 Å². The van der Waals surface area contributed by atoms with Crippen LogP contribution >= 0.6 is 11.6 Å². The monoisotopic (exact) mass is 270 g/mol. The number of nitrogens with zero attached hydrogens (tertiary/aromatic N) is 3. The zero-order valence-electron chi connectivity index (χ0n) is 9.59. The second-order valence-corrected chi connectivity index (χ2v) is 3.94. The highest BCUT2D eigenvalue weighted by Crippen LogP contribution is 2.31. The number of hydrogen-bond acceptors (Lipinski definition) is 5. The molecule has 0 saturated carbocycles. The lowest BCUT2D eigenvalue weighted by molar-refractivity contribution is 0.461. The van der Waals surface area contributed by atoms with Crippen LogP contribution in [0.2, 0.25) is 5.02 Å². The highest BCUT2D eigenvalue weighted by molar-refractivity contribution is 6.33. The average Bonchev–Trinajstić information content (AvgIpc) is 2.42. The smallest absolute Gasteiger partial charge is 0.239 e. The van der Waals surface area contributed by atoms with E-state index in [4.69, 9.17) is 32.6 Å². The van der Waals surface area contributed by atoms with Crippen molar-refractivity contribution in [2.24, 2.45) is 0 Å². The molecule has 0 fully saturated rings. The Morgan fingerprint density at radius 3 is 2.58 bits per heavy atom. The van der Waals surface area contributed by atoms with Gasteiger partial charge >= 0.3 is 0 Å². The Bertz CT molecular complexity index is 716. The molecule has 0 saturated heterocycles. The maximum Gasteiger partial charge on any atom is 0.239 e. The Labute approximate surface area is 114 Å². The summed E-state index contributed by atoms with van der Waals surface area (Å²) in [5.74, 6) is 0.350. The molecule has 1 aromatic carbocycles. The minimum atomic E-state index is 0.0713. The molecule has 0 amide bonds. The first-order chi connectivity index (χ1) is 9.15. The predicted molar refractivity (Wildman–Crippen MR) is 69.6 cm³/mol. The van der Waals surface area contributed by atoms with E-state index in [9.17, 15) is 0 Å². The van der Waals surface area contributed by atoms with Crippen molar-refractivity contribution in [3.63, 3.8) is 0 Å². The quantitative estimate of drug-likeness (QED) is 0.847. The fourth-order valence-corrected chi connectivity index (χ4v) is 1.60. The Balaban J connectivity index is 2.43. The minimum Gasteiger partial charge on any atom is -0.436 e. The topological polar surface area (TPSA) is 95.7 Å². The molecule has 0 radical (unpaired) electrons. The second-order valence-electron chi connectivity index (χ2n) is 3.56. The molecule has 2 rings (SSSR count). The lowest BCUT2D eigenvalue weighted by Crippen LogP contribution is -1.94. The molecule has 2 aromatic rings. The molecular weight excluding hydrogens is 264 g/mol. The number of nitriles is 2. The first-order valence-corrected chi connectivity index (χ1v) is 5.55. The van der Waals surface area contributed by atoms with Crippen molar-refractivity contribution < 1.29 is 4.74 Å². The lowest BCUT2D eigenvalue weighted by Gasteiger charge is -2.08. The van der Waals surface area contributed by atoms with Gasteiger partial charge in [0.25, 0.3) is 0 Å². The zero-order chi connectivity index (χ0) is 13.8. The fourth-order valence-electron chi connectivity index (χ4n) is 1.41. The second kappa shape index (κ2) is 5.26. The number of nitrogen functional groups attached to an aromatic ring is 1. The molecule has 0 spiro atoms. The number of anilines is 1. The maximum atomic E-state index is 9.00. The van der Waals surface area contributed by atoms with Crippen LogP contribution in [-0.4, -0.2) is 4.98 Å². The highest BCUT2D eigenvalue weighted by Gasteiger charge is 2.12. The van der Waals surface area contributed by atoms with Gasteiger partial charge in [-0.2, -0.15) is 10.5 Å². The molecule has 2 N–H and O–H groups in total. The van der Waals surface area contributed by atoms with Crippen molar-refractivity contribution in [3.8, 4) is 23.8 Å². The van der Waals surface area contributed by atoms with E-state index in [2.05, 4.69) is 4.98 Å². The number of hydrogen-bond donors (Lipinski definition) is 1. The predicted octanol–water partition coefficient (Wildman–Crippen LogP) is 2.85. The Hall–Kier alpha value is -2.76. The molecule has 1 heterocycles. The van der Waals surface area contributed by atoms with Gasteiger partial charge in [0.05, 0.1) is 11.1 Å². The summed E-state index contributed by atoms with van der Waals surface area (Å²) in [4.78, 5) is 3.93. The number of ether oxygens (including phenoxy) is 1. The number of rotatable bonds is 2. The highest BCUT2D eigenvalue weighted by atomic mass is 35.5. The van der Waals surface area contributed by atoms with Gasteiger partial charge in [0.1, 0.15) is 22.9 Å². The van der Waals surface area contributed by atoms with Crippen LogP contribution < -0.4 is 10.5 Å². The van der Waals surface area contributed by atoms with Crippen molar-refractivity contribution in [1.29, 1.82) is 10.5 Å². The van der Waals surface area contributed by atoms with Gasteiger partial charge in [-0.15, -0.1) is 0 Å². The molecule has 0 bridgehead atoms. The van der Waals surface area contributed by atoms with Crippen molar-refractivity contribution in [2.45, 2.75) is 0 Å². The number of pyridine rings is 1. The van der Waals surface area contributed by atoms with Crippen LogP contribution in [0.5, 0.6) is 11.6 Å². The van der Waals surface area contributed by atoms with Crippen LogP contribution in [0.15, 0.2) is 30.5 Å². The minimum absolute atomic E-state index is 0.0713. The summed E-state index contributed by atoms with van der Waals surface area (Å²) >= 11 is 5.97. The van der Waals surface area contributed by atoms with E-state index in [1.165, 1.54) is 18.3 Å². The molecule has 92 valence electrons. The molecule has 0 atom stereocenters. The van der Waals surface area contributed by atoms with Crippen LogP contribution in [0, 0.1) is 22.7 Å². The SMILES string of the molecule is N#Cc1cc(N)ccc1Oc1nccc(C#N)c1Cl. The van der Waals surface area contributed by atoms with Gasteiger partial charge in [-0.25, -0.2) is 4.98 Å². The number of nitrogens with two attached hydrogens (primary N) is 1. The largest absolute Gasteiger partial charge is 0.436 e. The van der Waals surface area contributed by atoms with E-state index in [1.54, 1.807) is 12.1 Å². The summed E-state index contributed by atoms with van der Waals surface area (Å²) < 4.78 is 5.46. The number of halogens is 1. The van der Waals surface area contributed by atoms with Crippen LogP contribution in [0.1, 0.15) is 11.1 Å². The molecule has 0 aliphatic rings. The van der Waals surface area contributed by atoms with E-state index in [0.717, 1.165) is 0 Å². The maximum absolute atomic E-state index is 9.00. The summed E-state index contributed by atoms with van der Waals surface area (Å²) in [6.07, 6.45) is 1.41. The first-order valence-electron chi connectivity index (χ1n) is 5.17. The summed E-state index contributed by atoms with van der Waals surface area (Å²) in [6.45, 7) is 0. The lowest BCUT2D eigenvalue weighted by atomic mass is 10.2. The van der Waals surface area contributed by atoms with Gasteiger partial charge in [0.15, 0.2) is 0 Å². The van der Waals surface area contributed by atoms with Gasteiger partial charge in [0, 0.05) is 11.9 Å². The number of benzene rings is 1. The standard InChI is InChI=1S/C13H7ClN4O/c14-12-8(6-15)3-4-18-13(12)19-11-2-1-10(17)5-9(11)7-16/h1-5H,17H2. The van der Waals surface area contributed by atoms with Crippen molar-refractivity contribution in [2.75, 3.05) is 5.73 Å². The summed E-state index contributed by atoms with van der Waals surface area (Å²) in [6, 6.07) is 9.99. The Morgan fingerprint density at radius 2 is 1.89 bits per heavy atom. The van der Waals surface area contributed by atoms with Gasteiger partial charge in [-0.1, -0.05) is 11.6 Å². The normalized spacial score (nSPS) is 9.42. The van der Waals surface area contributed by atoms with E-state index >= 15 is 0 Å². The summed E-state index contributed by atoms with van der Waals surface area (Å²) in [7, 11) is 0. The van der Waals surface area contributed by atoms with Gasteiger partial charge in [-0.3, -0.25) is 0 Å². The van der Waals surface area contributed by atoms with Crippen molar-refractivity contribution >= 4 is 17.3 Å². The van der Waals surface area contributed by atoms with Crippen LogP contribution in [0.4, 0.5) is 5.69 Å². The molecule has 1 aromatic heterocycles. The molecular formula is C13H7ClN4O. The first kappa shape index (κ1) is 12.7. The molecule has 0 unspecified atom stereocenters. The average molecular weight is 271 g/mol. The van der Waals surface area contributed by atoms with E-state index in [0.29, 0.717) is 5.69 Å². The summed E-state index contributed by atoms with van der Waals surface area (Å²) in [5, 5.41) is 18.0. The Morgan fingerprint density at radius 1 is 1.16 bits per heavy atom. The summed E-state index contributed by atoms with van der Waals surface area (Å²) in [5.41, 5.74) is 6.55. The van der Waals surface area contributed by atoms with Crippen LogP contribution in [0.25, 0.3) is 0 Å². The fraction of sp³-hybridized carbons (Fsp3) is 0. The van der Waals surface area contributed by atoms with Gasteiger partial charge in [0.2, 0.25) is 5.88 Å². The van der Waals surface area contributed by atoms with E-state index in [1.807, 2.05) is 12.1 Å². The van der Waals surface area contributed by atoms with Crippen LogP contribution in [-0.2, 0) is 0 Å². The third-order valence-electron chi connectivity index (χ3n) is 2.31. The molecule has 0 aliphatic heterocycles. The third-order valence-corrected chi connectivity index (χ3v) is 2.67. The molecule has 5 nitrogen and oxygen atoms in total. The zero-order valence-corrected chi connectivity index (χ0v) is 10.3. The van der Waals surface area contributed by atoms with E-state index < -0.39 is 0 Å². The number of aromatic nitrogens is 1. The molecule has 19 heavy (non-hydrogen) atoms. The Kier molecular flexibility index (Phi) is 3.51. The van der Waals surface area contributed by atoms with E-state index in [-0.39, 0.29) is 27.8 Å².